The number of fused-ring (bicyclic) bond motifs is 1. The van der Waals surface area contributed by atoms with Crippen LogP contribution in [0.1, 0.15) is 0 Å². The third-order valence-corrected chi connectivity index (χ3v) is 4.01. The fourth-order valence-corrected chi connectivity index (χ4v) is 2.64. The van der Waals surface area contributed by atoms with Crippen molar-refractivity contribution in [3.05, 3.63) is 42.5 Å². The number of rotatable bonds is 2. The van der Waals surface area contributed by atoms with Crippen molar-refractivity contribution in [1.82, 2.24) is 10.2 Å². The monoisotopic (exact) mass is 271 g/mol. The second kappa shape index (κ2) is 4.51. The van der Waals surface area contributed by atoms with Gasteiger partial charge in [-0.15, -0.1) is 0 Å². The van der Waals surface area contributed by atoms with Gasteiger partial charge in [-0.3, -0.25) is 9.31 Å². The molecule has 0 amide bonds. The van der Waals surface area contributed by atoms with Gasteiger partial charge in [0, 0.05) is 27.3 Å². The lowest BCUT2D eigenvalue weighted by Crippen LogP contribution is -1.88. The van der Waals surface area contributed by atoms with E-state index in [4.69, 9.17) is 5.73 Å². The van der Waals surface area contributed by atoms with Gasteiger partial charge in [0.1, 0.15) is 0 Å². The number of H-pyrrole nitrogens is 1. The van der Waals surface area contributed by atoms with Crippen LogP contribution in [-0.2, 0) is 10.8 Å². The predicted octanol–water partition coefficient (Wildman–Crippen LogP) is 2.55. The SMILES string of the molecule is CS(=O)c1cccc(-c2ccc3c(N)n[nH]c3c2)c1. The van der Waals surface area contributed by atoms with Crippen LogP contribution in [0.4, 0.5) is 5.82 Å². The molecule has 0 bridgehead atoms. The summed E-state index contributed by atoms with van der Waals surface area (Å²) >= 11 is 0. The van der Waals surface area contributed by atoms with Crippen molar-refractivity contribution in [2.45, 2.75) is 4.90 Å². The Bertz CT molecular complexity index is 779. The van der Waals surface area contributed by atoms with E-state index in [2.05, 4.69) is 10.2 Å². The summed E-state index contributed by atoms with van der Waals surface area (Å²) in [5.41, 5.74) is 8.72. The smallest absolute Gasteiger partial charge is 0.153 e. The molecule has 0 fully saturated rings. The Hall–Kier alpha value is -2.14. The minimum atomic E-state index is -0.976. The summed E-state index contributed by atoms with van der Waals surface area (Å²) in [7, 11) is -0.976. The fourth-order valence-electron chi connectivity index (χ4n) is 2.07. The molecule has 5 heteroatoms. The summed E-state index contributed by atoms with van der Waals surface area (Å²) in [6.45, 7) is 0. The van der Waals surface area contributed by atoms with E-state index < -0.39 is 10.8 Å². The Balaban J connectivity index is 2.13. The number of nitrogens with zero attached hydrogens (tertiary/aromatic N) is 1. The molecular formula is C14H13N3OS. The molecule has 0 radical (unpaired) electrons. The molecule has 0 aliphatic rings. The summed E-state index contributed by atoms with van der Waals surface area (Å²) in [6, 6.07) is 13.7. The van der Waals surface area contributed by atoms with Gasteiger partial charge in [-0.05, 0) is 35.4 Å². The Morgan fingerprint density at radius 2 is 1.95 bits per heavy atom. The summed E-state index contributed by atoms with van der Waals surface area (Å²) in [4.78, 5) is 0.821. The highest BCUT2D eigenvalue weighted by Gasteiger charge is 2.06. The maximum Gasteiger partial charge on any atom is 0.153 e. The zero-order valence-electron chi connectivity index (χ0n) is 10.4. The van der Waals surface area contributed by atoms with Gasteiger partial charge in [0.05, 0.1) is 5.52 Å². The second-order valence-corrected chi connectivity index (χ2v) is 5.73. The molecule has 0 saturated heterocycles. The highest BCUT2D eigenvalue weighted by atomic mass is 32.2. The molecular weight excluding hydrogens is 258 g/mol. The molecule has 96 valence electrons. The molecule has 1 aromatic heterocycles. The van der Waals surface area contributed by atoms with E-state index >= 15 is 0 Å². The molecule has 1 heterocycles. The van der Waals surface area contributed by atoms with E-state index in [1.165, 1.54) is 0 Å². The predicted molar refractivity (Wildman–Crippen MR) is 78.3 cm³/mol. The van der Waals surface area contributed by atoms with Crippen molar-refractivity contribution >= 4 is 27.5 Å². The van der Waals surface area contributed by atoms with E-state index in [0.717, 1.165) is 26.9 Å². The number of anilines is 1. The quantitative estimate of drug-likeness (QED) is 0.752. The van der Waals surface area contributed by atoms with E-state index in [0.29, 0.717) is 5.82 Å². The van der Waals surface area contributed by atoms with Gasteiger partial charge in [-0.25, -0.2) is 0 Å². The zero-order chi connectivity index (χ0) is 13.4. The Labute approximate surface area is 113 Å². The van der Waals surface area contributed by atoms with Gasteiger partial charge in [0.25, 0.3) is 0 Å². The van der Waals surface area contributed by atoms with Crippen molar-refractivity contribution < 1.29 is 4.21 Å². The van der Waals surface area contributed by atoms with E-state index in [-0.39, 0.29) is 0 Å². The number of benzene rings is 2. The maximum absolute atomic E-state index is 11.5. The van der Waals surface area contributed by atoms with Crippen LogP contribution in [0.3, 0.4) is 0 Å². The number of aromatic amines is 1. The first-order chi connectivity index (χ1) is 9.15. The van der Waals surface area contributed by atoms with Crippen LogP contribution in [0.2, 0.25) is 0 Å². The number of nitrogen functional groups attached to an aromatic ring is 1. The van der Waals surface area contributed by atoms with Gasteiger partial charge in [0.15, 0.2) is 5.82 Å². The van der Waals surface area contributed by atoms with Crippen LogP contribution in [0.25, 0.3) is 22.0 Å². The first-order valence-corrected chi connectivity index (χ1v) is 7.38. The normalized spacial score (nSPS) is 12.7. The Morgan fingerprint density at radius 1 is 1.16 bits per heavy atom. The number of nitrogens with two attached hydrogens (primary N) is 1. The highest BCUT2D eigenvalue weighted by molar-refractivity contribution is 7.84. The van der Waals surface area contributed by atoms with Crippen LogP contribution in [-0.4, -0.2) is 20.7 Å². The molecule has 0 spiro atoms. The van der Waals surface area contributed by atoms with Crippen molar-refractivity contribution in [2.24, 2.45) is 0 Å². The molecule has 1 atom stereocenters. The topological polar surface area (TPSA) is 71.8 Å². The van der Waals surface area contributed by atoms with E-state index in [1.54, 1.807) is 6.26 Å². The van der Waals surface area contributed by atoms with Crippen LogP contribution >= 0.6 is 0 Å². The van der Waals surface area contributed by atoms with Crippen molar-refractivity contribution in [1.29, 1.82) is 0 Å². The lowest BCUT2D eigenvalue weighted by atomic mass is 10.0. The molecule has 0 aliphatic carbocycles. The molecule has 2 aromatic carbocycles. The molecule has 3 N–H and O–H groups in total. The number of hydrogen-bond donors (Lipinski definition) is 2. The number of nitrogens with one attached hydrogen (secondary N) is 1. The van der Waals surface area contributed by atoms with Crippen molar-refractivity contribution in [2.75, 3.05) is 12.0 Å². The lowest BCUT2D eigenvalue weighted by Gasteiger charge is -2.04. The van der Waals surface area contributed by atoms with Crippen LogP contribution in [0.5, 0.6) is 0 Å². The van der Waals surface area contributed by atoms with E-state index in [1.807, 2.05) is 42.5 Å². The molecule has 0 saturated carbocycles. The Morgan fingerprint density at radius 3 is 2.74 bits per heavy atom. The standard InChI is InChI=1S/C14H13N3OS/c1-19(18)11-4-2-3-9(7-11)10-5-6-12-13(8-10)16-17-14(12)15/h2-8H,1H3,(H3,15,16,17). The van der Waals surface area contributed by atoms with Gasteiger partial charge >= 0.3 is 0 Å². The molecule has 3 aromatic rings. The fraction of sp³-hybridized carbons (Fsp3) is 0.0714. The number of aromatic nitrogens is 2. The van der Waals surface area contributed by atoms with Gasteiger partial charge in [-0.2, -0.15) is 5.10 Å². The molecule has 1 unspecified atom stereocenters. The summed E-state index contributed by atoms with van der Waals surface area (Å²) in [6.07, 6.45) is 1.68. The summed E-state index contributed by atoms with van der Waals surface area (Å²) < 4.78 is 11.5. The first-order valence-electron chi connectivity index (χ1n) is 5.82. The first kappa shape index (κ1) is 11.9. The van der Waals surface area contributed by atoms with E-state index in [9.17, 15) is 4.21 Å². The Kier molecular flexibility index (Phi) is 2.83. The van der Waals surface area contributed by atoms with Gasteiger partial charge in [0.2, 0.25) is 0 Å². The van der Waals surface area contributed by atoms with Gasteiger partial charge < -0.3 is 5.73 Å². The minimum absolute atomic E-state index is 0.505. The van der Waals surface area contributed by atoms with Crippen LogP contribution in [0.15, 0.2) is 47.4 Å². The highest BCUT2D eigenvalue weighted by Crippen LogP contribution is 2.26. The summed E-state index contributed by atoms with van der Waals surface area (Å²) in [5, 5.41) is 7.80. The molecule has 3 rings (SSSR count). The summed E-state index contributed by atoms with van der Waals surface area (Å²) in [5.74, 6) is 0.505. The average Bonchev–Trinajstić information content (AvgIpc) is 2.80. The third-order valence-electron chi connectivity index (χ3n) is 3.09. The van der Waals surface area contributed by atoms with Crippen molar-refractivity contribution in [3.8, 4) is 11.1 Å². The van der Waals surface area contributed by atoms with Gasteiger partial charge in [-0.1, -0.05) is 18.2 Å². The molecule has 4 nitrogen and oxygen atoms in total. The number of hydrogen-bond acceptors (Lipinski definition) is 3. The average molecular weight is 271 g/mol. The van der Waals surface area contributed by atoms with Crippen LogP contribution < -0.4 is 5.73 Å². The minimum Gasteiger partial charge on any atom is -0.382 e. The maximum atomic E-state index is 11.5. The lowest BCUT2D eigenvalue weighted by molar-refractivity contribution is 0.687. The molecule has 0 aliphatic heterocycles. The zero-order valence-corrected chi connectivity index (χ0v) is 11.2. The van der Waals surface area contributed by atoms with Crippen molar-refractivity contribution in [3.63, 3.8) is 0 Å². The molecule has 19 heavy (non-hydrogen) atoms. The van der Waals surface area contributed by atoms with Crippen LogP contribution in [0, 0.1) is 0 Å². The largest absolute Gasteiger partial charge is 0.382 e. The third kappa shape index (κ3) is 2.13. The second-order valence-electron chi connectivity index (χ2n) is 4.35.